The van der Waals surface area contributed by atoms with Gasteiger partial charge in [-0.15, -0.1) is 0 Å². The number of H-pyrrole nitrogens is 1. The van der Waals surface area contributed by atoms with Crippen molar-refractivity contribution in [2.75, 3.05) is 49.9 Å². The largest absolute Gasteiger partial charge is 0.513 e. The van der Waals surface area contributed by atoms with Crippen molar-refractivity contribution in [3.63, 3.8) is 0 Å². The molecule has 0 aliphatic carbocycles. The van der Waals surface area contributed by atoms with E-state index in [9.17, 15) is 9.59 Å². The Kier molecular flexibility index (Phi) is 21.7. The van der Waals surface area contributed by atoms with E-state index >= 15 is 0 Å². The fraction of sp³-hybridized carbons (Fsp3) is 0.431. The summed E-state index contributed by atoms with van der Waals surface area (Å²) in [7, 11) is -0.331. The van der Waals surface area contributed by atoms with Gasteiger partial charge in [0, 0.05) is 72.0 Å². The number of anilines is 3. The van der Waals surface area contributed by atoms with E-state index in [1.807, 2.05) is 132 Å². The van der Waals surface area contributed by atoms with Crippen LogP contribution in [0.15, 0.2) is 93.5 Å². The van der Waals surface area contributed by atoms with Crippen LogP contribution in [0.3, 0.4) is 0 Å². The van der Waals surface area contributed by atoms with Gasteiger partial charge in [0.2, 0.25) is 0 Å². The van der Waals surface area contributed by atoms with E-state index in [4.69, 9.17) is 50.9 Å². The van der Waals surface area contributed by atoms with Crippen molar-refractivity contribution in [2.45, 2.75) is 172 Å². The number of aryl methyl sites for hydroxylation is 3. The molecule has 0 saturated carbocycles. The fourth-order valence-corrected chi connectivity index (χ4v) is 12.3. The monoisotopic (exact) mass is 1410 g/mol. The van der Waals surface area contributed by atoms with Crippen LogP contribution in [0.25, 0.3) is 77.0 Å². The molecule has 1 fully saturated rings. The number of imidazole rings is 3. The van der Waals surface area contributed by atoms with Crippen LogP contribution < -0.4 is 28.1 Å². The van der Waals surface area contributed by atoms with E-state index < -0.39 is 11.2 Å². The second-order valence-corrected chi connectivity index (χ2v) is 28.2. The summed E-state index contributed by atoms with van der Waals surface area (Å²) in [6, 6.07) is 20.4. The summed E-state index contributed by atoms with van der Waals surface area (Å²) in [4.78, 5) is 65.1. The SMILES string of the molecule is CC1(C)OB(c2ccn[nH]2)OC1(C)C.CCN(Cc1nc2c(N)nc3cc(Br)ccc3c2n1CC)C(=O)OC(C)(C)C.CCN(Cc1nc2c(N)nc3cc(C4=CC=NC4)ccc3c2n1CC)C(=O)OC(C)(C)C.CCNCc1nc2c(N)nc3cc(C4=CC=NC4)ccc3c2n1CC. The molecule has 99 heavy (non-hydrogen) atoms. The van der Waals surface area contributed by atoms with Crippen molar-refractivity contribution in [3.05, 3.63) is 112 Å². The van der Waals surface area contributed by atoms with E-state index in [-0.39, 0.29) is 30.5 Å². The number of rotatable bonds is 15. The van der Waals surface area contributed by atoms with Crippen LogP contribution in [0.1, 0.15) is 139 Å². The number of aromatic nitrogens is 11. The van der Waals surface area contributed by atoms with E-state index in [0.29, 0.717) is 74.3 Å². The molecule has 0 spiro atoms. The Morgan fingerprint density at radius 1 is 0.596 bits per heavy atom. The molecule has 3 aliphatic heterocycles. The summed E-state index contributed by atoms with van der Waals surface area (Å²) in [5.74, 6) is 3.77. The minimum absolute atomic E-state index is 0.289. The smallest absolute Gasteiger partial charge is 0.444 e. The van der Waals surface area contributed by atoms with Crippen LogP contribution in [0.4, 0.5) is 27.0 Å². The molecule has 3 aromatic carbocycles. The molecule has 7 aromatic heterocycles. The van der Waals surface area contributed by atoms with Crippen LogP contribution >= 0.6 is 15.9 Å². The molecule has 8 N–H and O–H groups in total. The van der Waals surface area contributed by atoms with Gasteiger partial charge >= 0.3 is 19.3 Å². The zero-order valence-corrected chi connectivity index (χ0v) is 61.4. The van der Waals surface area contributed by atoms with Gasteiger partial charge in [0.05, 0.1) is 82.6 Å². The number of nitrogens with zero attached hydrogens (tertiary/aromatic N) is 14. The molecule has 2 amide bonds. The van der Waals surface area contributed by atoms with Gasteiger partial charge in [0.25, 0.3) is 0 Å². The predicted molar refractivity (Wildman–Crippen MR) is 402 cm³/mol. The molecular formula is C72H93BBrN19O6. The highest BCUT2D eigenvalue weighted by molar-refractivity contribution is 9.10. The number of nitrogens with one attached hydrogen (secondary N) is 2. The first-order valence-electron chi connectivity index (χ1n) is 33.8. The molecule has 13 rings (SSSR count). The number of hydrogen-bond acceptors (Lipinski definition) is 19. The number of nitrogen functional groups attached to an aromatic ring is 3. The zero-order valence-electron chi connectivity index (χ0n) is 59.8. The number of fused-ring (bicyclic) bond motifs is 9. The van der Waals surface area contributed by atoms with E-state index in [0.717, 1.165) is 125 Å². The number of hydrogen-bond donors (Lipinski definition) is 5. The number of benzene rings is 3. The van der Waals surface area contributed by atoms with Crippen LogP contribution in [0, 0.1) is 0 Å². The maximum absolute atomic E-state index is 12.7. The van der Waals surface area contributed by atoms with Gasteiger partial charge in [-0.1, -0.05) is 47.1 Å². The lowest BCUT2D eigenvalue weighted by Gasteiger charge is -2.32. The zero-order chi connectivity index (χ0) is 71.5. The number of amides is 2. The number of carbonyl (C=O) groups is 2. The number of allylic oxidation sites excluding steroid dienone is 2. The Labute approximate surface area is 586 Å². The highest BCUT2D eigenvalue weighted by Gasteiger charge is 2.52. The molecule has 3 aliphatic rings. The van der Waals surface area contributed by atoms with Crippen molar-refractivity contribution in [1.29, 1.82) is 0 Å². The van der Waals surface area contributed by atoms with Gasteiger partial charge < -0.3 is 64.8 Å². The summed E-state index contributed by atoms with van der Waals surface area (Å²) < 4.78 is 30.1. The van der Waals surface area contributed by atoms with Gasteiger partial charge in [-0.3, -0.25) is 15.1 Å². The summed E-state index contributed by atoms with van der Waals surface area (Å²) in [6.07, 6.45) is 8.73. The second-order valence-electron chi connectivity index (χ2n) is 27.3. The highest BCUT2D eigenvalue weighted by Crippen LogP contribution is 2.38. The molecule has 0 bridgehead atoms. The molecular weight excluding hydrogens is 1320 g/mol. The second kappa shape index (κ2) is 29.6. The molecule has 27 heteroatoms. The Morgan fingerprint density at radius 3 is 1.36 bits per heavy atom. The minimum atomic E-state index is -0.558. The first kappa shape index (κ1) is 72.4. The van der Waals surface area contributed by atoms with E-state index in [1.54, 1.807) is 16.0 Å². The van der Waals surface area contributed by atoms with Gasteiger partial charge in [-0.05, 0) is 181 Å². The van der Waals surface area contributed by atoms with Crippen LogP contribution in [0.2, 0.25) is 0 Å². The highest BCUT2D eigenvalue weighted by atomic mass is 79.9. The summed E-state index contributed by atoms with van der Waals surface area (Å²) >= 11 is 3.48. The maximum atomic E-state index is 12.7. The normalized spacial score (nSPS) is 14.7. The van der Waals surface area contributed by atoms with Crippen LogP contribution in [-0.4, -0.2) is 150 Å². The lowest BCUT2D eigenvalue weighted by Crippen LogP contribution is -2.41. The van der Waals surface area contributed by atoms with Crippen molar-refractivity contribution in [1.82, 2.24) is 68.9 Å². The average Bonchev–Trinajstić information content (AvgIpc) is 1.83. The number of aromatic amines is 1. The van der Waals surface area contributed by atoms with E-state index in [2.05, 4.69) is 134 Å². The minimum Gasteiger partial charge on any atom is -0.444 e. The number of ether oxygens (including phenoxy) is 2. The first-order chi connectivity index (χ1) is 47.0. The third-order valence-electron chi connectivity index (χ3n) is 17.6. The summed E-state index contributed by atoms with van der Waals surface area (Å²) in [5, 5.41) is 13.1. The first-order valence-corrected chi connectivity index (χ1v) is 34.6. The number of carbonyl (C=O) groups excluding carboxylic acids is 2. The average molecular weight is 1410 g/mol. The lowest BCUT2D eigenvalue weighted by molar-refractivity contribution is 0.00578. The Balaban J connectivity index is 0.000000147. The molecule has 0 atom stereocenters. The Morgan fingerprint density at radius 2 is 1.00 bits per heavy atom. The van der Waals surface area contributed by atoms with Crippen LogP contribution in [-0.2, 0) is 58.1 Å². The van der Waals surface area contributed by atoms with Crippen molar-refractivity contribution in [2.24, 2.45) is 9.98 Å². The molecule has 25 nitrogen and oxygen atoms in total. The van der Waals surface area contributed by atoms with Crippen LogP contribution in [0.5, 0.6) is 0 Å². The molecule has 0 radical (unpaired) electrons. The van der Waals surface area contributed by atoms with Gasteiger partial charge in [-0.2, -0.15) is 5.10 Å². The molecule has 1 saturated heterocycles. The lowest BCUT2D eigenvalue weighted by atomic mass is 9.85. The fourth-order valence-electron chi connectivity index (χ4n) is 11.9. The third-order valence-corrected chi connectivity index (χ3v) is 18.1. The van der Waals surface area contributed by atoms with Gasteiger partial charge in [-0.25, -0.2) is 39.5 Å². The maximum Gasteiger partial charge on any atom is 0.513 e. The summed E-state index contributed by atoms with van der Waals surface area (Å²) in [5.41, 5.74) is 30.2. The number of nitrogens with two attached hydrogens (primary N) is 3. The molecule has 10 aromatic rings. The Bertz CT molecular complexity index is 4750. The number of halogens is 1. The van der Waals surface area contributed by atoms with Crippen molar-refractivity contribution < 1.29 is 28.4 Å². The number of pyridine rings is 3. The summed E-state index contributed by atoms with van der Waals surface area (Å²) in [6.45, 7) is 38.4. The Hall–Kier alpha value is -9.31. The van der Waals surface area contributed by atoms with Crippen molar-refractivity contribution >= 4 is 148 Å². The predicted octanol–water partition coefficient (Wildman–Crippen LogP) is 12.6. The molecule has 0 unspecified atom stereocenters. The quantitative estimate of drug-likeness (QED) is 0.0596. The third kappa shape index (κ3) is 15.8. The molecule has 522 valence electrons. The van der Waals surface area contributed by atoms with Gasteiger partial charge in [0.1, 0.15) is 45.2 Å². The topological polar surface area (TPSA) is 313 Å². The molecule has 10 heterocycles. The van der Waals surface area contributed by atoms with Crippen molar-refractivity contribution in [3.8, 4) is 0 Å². The van der Waals surface area contributed by atoms with E-state index in [1.165, 1.54) is 5.57 Å². The number of aliphatic imine (C=N–C) groups is 2. The van der Waals surface area contributed by atoms with Gasteiger partial charge in [0.15, 0.2) is 17.5 Å². The standard InChI is InChI=1S/C24H30N6O2.C20H26BrN5O2.C19H22N6.C9H15BN2O2/c1-6-29(23(31)32-24(3,4)5)14-19-28-20-21(30(19)7-2)17-9-8-15(16-10-11-26-13-16)12-18(17)27-22(20)25;1-6-25(19(27)28-20(3,4)5)11-15-24-16-17(26(15)7-2)13-9-8-12(21)10-14(13)23-18(16)22;1-3-21-11-16-24-17-18(25(16)4-2)14-6-5-12(13-7-8-22-10-13)9-15(14)23-19(17)20;1-8(2)9(3,4)14-10(13-8)7-5-6-11-12-7/h8-12H,6-7,13-14H2,1-5H3,(H2,25,27);8-10H,6-7,11H2,1-5H3,(H2,22,23);5-9,21H,3-4,10-11H2,1-2H3,(H2,20,23);5-6H,1-4H3,(H,11,12).